The van der Waals surface area contributed by atoms with Gasteiger partial charge in [0, 0.05) is 17.5 Å². The van der Waals surface area contributed by atoms with Crippen LogP contribution in [0.3, 0.4) is 0 Å². The minimum atomic E-state index is -0.430. The highest BCUT2D eigenvalue weighted by Crippen LogP contribution is 2.27. The van der Waals surface area contributed by atoms with E-state index in [1.165, 1.54) is 16.6 Å². The van der Waals surface area contributed by atoms with Crippen molar-refractivity contribution >= 4 is 28.4 Å². The quantitative estimate of drug-likeness (QED) is 0.527. The summed E-state index contributed by atoms with van der Waals surface area (Å²) >= 11 is 0. The molecule has 0 spiro atoms. The third kappa shape index (κ3) is 3.63. The highest BCUT2D eigenvalue weighted by molar-refractivity contribution is 5.93. The molecule has 9 heteroatoms. The second kappa shape index (κ2) is 7.82. The predicted molar refractivity (Wildman–Crippen MR) is 115 cm³/mol. The largest absolute Gasteiger partial charge is 0.497 e. The van der Waals surface area contributed by atoms with E-state index in [9.17, 15) is 9.18 Å². The Bertz CT molecular complexity index is 1290. The zero-order chi connectivity index (χ0) is 21.4. The average Bonchev–Trinajstić information content (AvgIpc) is 3.15. The van der Waals surface area contributed by atoms with Gasteiger partial charge in [0.15, 0.2) is 11.5 Å². The van der Waals surface area contributed by atoms with E-state index < -0.39 is 6.04 Å². The molecule has 31 heavy (non-hydrogen) atoms. The van der Waals surface area contributed by atoms with Crippen molar-refractivity contribution in [3.05, 3.63) is 48.3 Å². The molecule has 2 aromatic carbocycles. The molecule has 2 N–H and O–H groups in total. The van der Waals surface area contributed by atoms with Gasteiger partial charge in [0.1, 0.15) is 17.6 Å². The lowest BCUT2D eigenvalue weighted by atomic mass is 10.1. The Morgan fingerprint density at radius 3 is 2.97 bits per heavy atom. The predicted octanol–water partition coefficient (Wildman–Crippen LogP) is 3.17. The summed E-state index contributed by atoms with van der Waals surface area (Å²) in [5.41, 5.74) is 1.78. The molecule has 158 valence electrons. The summed E-state index contributed by atoms with van der Waals surface area (Å²) in [7, 11) is 1.59. The molecule has 2 aromatic heterocycles. The Kier molecular flexibility index (Phi) is 4.85. The maximum absolute atomic E-state index is 14.0. The van der Waals surface area contributed by atoms with Crippen LogP contribution in [0.1, 0.15) is 19.3 Å². The van der Waals surface area contributed by atoms with Gasteiger partial charge in [0.25, 0.3) is 0 Å². The summed E-state index contributed by atoms with van der Waals surface area (Å²) in [6, 6.07) is 11.3. The lowest BCUT2D eigenvalue weighted by Gasteiger charge is -2.16. The third-order valence-corrected chi connectivity index (χ3v) is 5.40. The first-order valence-corrected chi connectivity index (χ1v) is 10.2. The number of halogens is 1. The summed E-state index contributed by atoms with van der Waals surface area (Å²) in [6.45, 7) is 0.667. The van der Waals surface area contributed by atoms with Gasteiger partial charge in [-0.05, 0) is 49.6 Å². The van der Waals surface area contributed by atoms with Gasteiger partial charge in [0.05, 0.1) is 12.6 Å². The van der Waals surface area contributed by atoms with E-state index in [1.54, 1.807) is 13.2 Å². The van der Waals surface area contributed by atoms with Crippen LogP contribution in [-0.2, 0) is 4.79 Å². The molecule has 1 atom stereocenters. The first-order valence-electron chi connectivity index (χ1n) is 10.2. The van der Waals surface area contributed by atoms with Crippen molar-refractivity contribution in [3.63, 3.8) is 0 Å². The number of anilines is 1. The van der Waals surface area contributed by atoms with Gasteiger partial charge < -0.3 is 15.4 Å². The van der Waals surface area contributed by atoms with E-state index in [2.05, 4.69) is 25.7 Å². The third-order valence-electron chi connectivity index (χ3n) is 5.40. The number of nitrogens with zero attached hydrogens (tertiary/aromatic N) is 4. The molecule has 5 rings (SSSR count). The topological polar surface area (TPSA) is 93.4 Å². The fourth-order valence-electron chi connectivity index (χ4n) is 3.79. The number of carbonyl (C=O) groups is 1. The Labute approximate surface area is 177 Å². The van der Waals surface area contributed by atoms with Gasteiger partial charge in [-0.25, -0.2) is 14.4 Å². The van der Waals surface area contributed by atoms with E-state index in [-0.39, 0.29) is 11.7 Å². The molecule has 1 saturated heterocycles. The van der Waals surface area contributed by atoms with E-state index in [0.717, 1.165) is 18.4 Å². The van der Waals surface area contributed by atoms with Crippen molar-refractivity contribution in [1.82, 2.24) is 24.9 Å². The molecule has 1 fully saturated rings. The van der Waals surface area contributed by atoms with Crippen LogP contribution >= 0.6 is 0 Å². The molecule has 0 radical (unpaired) electrons. The molecule has 1 aliphatic rings. The van der Waals surface area contributed by atoms with Crippen molar-refractivity contribution in [3.8, 4) is 17.1 Å². The summed E-state index contributed by atoms with van der Waals surface area (Å²) < 4.78 is 20.8. The Morgan fingerprint density at radius 1 is 1.19 bits per heavy atom. The number of hydrogen-bond donors (Lipinski definition) is 2. The van der Waals surface area contributed by atoms with Crippen molar-refractivity contribution in [2.75, 3.05) is 19.0 Å². The molecular weight excluding hydrogens is 399 g/mol. The standard InChI is InChI=1S/C22H21FN6O2/c1-31-15-6-4-5-13(11-15)19-27-20-16-12-14(23)8-9-17(16)25-22(29(20)28-19)26-18-7-2-3-10-24-21(18)30/h4-6,8-9,11-12,18H,2-3,7,10H2,1H3,(H,24,30)(H,25,26)/t18-/m1/s1. The summed E-state index contributed by atoms with van der Waals surface area (Å²) in [4.78, 5) is 21.7. The van der Waals surface area contributed by atoms with E-state index in [0.29, 0.717) is 47.0 Å². The summed E-state index contributed by atoms with van der Waals surface area (Å²) in [5, 5.41) is 11.3. The summed E-state index contributed by atoms with van der Waals surface area (Å²) in [5.74, 6) is 1.06. The Hall–Kier alpha value is -3.75. The van der Waals surface area contributed by atoms with Crippen LogP contribution < -0.4 is 15.4 Å². The number of hydrogen-bond acceptors (Lipinski definition) is 6. The fourth-order valence-corrected chi connectivity index (χ4v) is 3.79. The van der Waals surface area contributed by atoms with Gasteiger partial charge in [-0.2, -0.15) is 4.52 Å². The van der Waals surface area contributed by atoms with Crippen LogP contribution in [0.2, 0.25) is 0 Å². The number of fused-ring (bicyclic) bond motifs is 3. The molecule has 3 heterocycles. The fraction of sp³-hybridized carbons (Fsp3) is 0.273. The minimum absolute atomic E-state index is 0.0696. The molecule has 8 nitrogen and oxygen atoms in total. The van der Waals surface area contributed by atoms with Crippen molar-refractivity contribution < 1.29 is 13.9 Å². The second-order valence-electron chi connectivity index (χ2n) is 7.48. The smallest absolute Gasteiger partial charge is 0.242 e. The molecule has 0 unspecified atom stereocenters. The van der Waals surface area contributed by atoms with Crippen molar-refractivity contribution in [2.24, 2.45) is 0 Å². The zero-order valence-corrected chi connectivity index (χ0v) is 16.9. The second-order valence-corrected chi connectivity index (χ2v) is 7.48. The molecule has 1 aliphatic heterocycles. The highest BCUT2D eigenvalue weighted by Gasteiger charge is 2.23. The number of nitrogens with one attached hydrogen (secondary N) is 2. The Morgan fingerprint density at radius 2 is 2.10 bits per heavy atom. The average molecular weight is 420 g/mol. The van der Waals surface area contributed by atoms with E-state index in [1.807, 2.05) is 24.3 Å². The molecule has 1 amide bonds. The lowest BCUT2D eigenvalue weighted by molar-refractivity contribution is -0.121. The maximum Gasteiger partial charge on any atom is 0.242 e. The van der Waals surface area contributed by atoms with Crippen LogP contribution in [0.15, 0.2) is 42.5 Å². The number of methoxy groups -OCH3 is 1. The summed E-state index contributed by atoms with van der Waals surface area (Å²) in [6.07, 6.45) is 2.55. The van der Waals surface area contributed by atoms with Gasteiger partial charge in [-0.15, -0.1) is 5.10 Å². The van der Waals surface area contributed by atoms with E-state index >= 15 is 0 Å². The number of carbonyl (C=O) groups excluding carboxylic acids is 1. The molecule has 0 saturated carbocycles. The van der Waals surface area contributed by atoms with Crippen LogP contribution in [0.25, 0.3) is 27.9 Å². The molecule has 0 bridgehead atoms. The number of ether oxygens (including phenoxy) is 1. The van der Waals surface area contributed by atoms with Crippen molar-refractivity contribution in [2.45, 2.75) is 25.3 Å². The number of rotatable bonds is 4. The first-order chi connectivity index (χ1) is 15.1. The Balaban J connectivity index is 1.67. The van der Waals surface area contributed by atoms with E-state index in [4.69, 9.17) is 4.74 Å². The minimum Gasteiger partial charge on any atom is -0.497 e. The number of amides is 1. The molecule has 0 aliphatic carbocycles. The SMILES string of the molecule is COc1cccc(-c2nc3c4cc(F)ccc4nc(N[C@@H]4CCCCNC4=O)n3n2)c1. The van der Waals surface area contributed by atoms with Gasteiger partial charge in [0.2, 0.25) is 11.9 Å². The van der Waals surface area contributed by atoms with Crippen LogP contribution in [-0.4, -0.2) is 45.2 Å². The number of benzene rings is 2. The van der Waals surface area contributed by atoms with Crippen LogP contribution in [0.5, 0.6) is 5.75 Å². The molecule has 4 aromatic rings. The highest BCUT2D eigenvalue weighted by atomic mass is 19.1. The molecular formula is C22H21FN6O2. The zero-order valence-electron chi connectivity index (χ0n) is 16.9. The van der Waals surface area contributed by atoms with Crippen molar-refractivity contribution in [1.29, 1.82) is 0 Å². The van der Waals surface area contributed by atoms with Crippen LogP contribution in [0.4, 0.5) is 10.3 Å². The number of aromatic nitrogens is 4. The lowest BCUT2D eigenvalue weighted by Crippen LogP contribution is -2.38. The van der Waals surface area contributed by atoms with Gasteiger partial charge >= 0.3 is 0 Å². The monoisotopic (exact) mass is 420 g/mol. The normalized spacial score (nSPS) is 16.8. The van der Waals surface area contributed by atoms with Crippen LogP contribution in [0, 0.1) is 5.82 Å². The van der Waals surface area contributed by atoms with Gasteiger partial charge in [-0.3, -0.25) is 4.79 Å². The van der Waals surface area contributed by atoms with Gasteiger partial charge in [-0.1, -0.05) is 12.1 Å². The maximum atomic E-state index is 14.0. The first kappa shape index (κ1) is 19.2.